The van der Waals surface area contributed by atoms with Gasteiger partial charge in [-0.05, 0) is 22.3 Å². The summed E-state index contributed by atoms with van der Waals surface area (Å²) in [5, 5.41) is 17.5. The minimum atomic E-state index is -1.33. The average molecular weight is 249 g/mol. The summed E-state index contributed by atoms with van der Waals surface area (Å²) < 4.78 is 0. The third kappa shape index (κ3) is 3.29. The molecule has 5 nitrogen and oxygen atoms in total. The highest BCUT2D eigenvalue weighted by molar-refractivity contribution is 5.93. The first-order valence-electron chi connectivity index (χ1n) is 4.78. The predicted octanol–water partition coefficient (Wildman–Crippen LogP) is 1.26. The van der Waals surface area contributed by atoms with Gasteiger partial charge in [-0.2, -0.15) is 0 Å². The van der Waals surface area contributed by atoms with Crippen molar-refractivity contribution in [3.05, 3.63) is 60.8 Å². The Kier molecular flexibility index (Phi) is 5.02. The minimum Gasteiger partial charge on any atom is -0.480 e. The maximum atomic E-state index is 10.7. The maximum Gasteiger partial charge on any atom is 0.335 e. The van der Waals surface area contributed by atoms with Crippen LogP contribution >= 0.6 is 0 Å². The highest BCUT2D eigenvalue weighted by atomic mass is 16.4. The summed E-state index contributed by atoms with van der Waals surface area (Å²) in [6.07, 6.45) is 0. The molecule has 0 saturated heterocycles. The number of hydrogen-bond donors (Lipinski definition) is 3. The third-order valence-electron chi connectivity index (χ3n) is 2.38. The number of hydrogen-bond acceptors (Lipinski definition) is 3. The number of carbonyl (C=O) groups is 2. The van der Waals surface area contributed by atoms with Gasteiger partial charge in [0.2, 0.25) is 0 Å². The number of nitrogens with two attached hydrogens (primary N) is 1. The van der Waals surface area contributed by atoms with Gasteiger partial charge in [-0.25, -0.2) is 4.79 Å². The van der Waals surface area contributed by atoms with E-state index >= 15 is 0 Å². The summed E-state index contributed by atoms with van der Waals surface area (Å²) in [7, 11) is 0. The number of carboxylic acid groups (broad SMARTS) is 2. The molecule has 0 aliphatic rings. The molecule has 0 aliphatic heterocycles. The fraction of sp³-hybridized carbons (Fsp3) is 0.0769. The van der Waals surface area contributed by atoms with Crippen molar-refractivity contribution in [3.63, 3.8) is 0 Å². The zero-order chi connectivity index (χ0) is 14.6. The predicted molar refractivity (Wildman–Crippen MR) is 68.9 cm³/mol. The van der Waals surface area contributed by atoms with Gasteiger partial charge in [0.1, 0.15) is 6.04 Å². The van der Waals surface area contributed by atoms with Crippen molar-refractivity contribution >= 4 is 11.9 Å². The van der Waals surface area contributed by atoms with E-state index in [1.165, 1.54) is 0 Å². The van der Waals surface area contributed by atoms with Crippen molar-refractivity contribution in [1.82, 2.24) is 0 Å². The average Bonchev–Trinajstić information content (AvgIpc) is 2.32. The van der Waals surface area contributed by atoms with Gasteiger partial charge in [-0.3, -0.25) is 4.79 Å². The van der Waals surface area contributed by atoms with E-state index in [0.717, 1.165) is 0 Å². The molecule has 0 aliphatic carbocycles. The molecule has 0 saturated carbocycles. The van der Waals surface area contributed by atoms with Gasteiger partial charge in [-0.15, -0.1) is 0 Å². The van der Waals surface area contributed by atoms with E-state index in [4.69, 9.17) is 15.9 Å². The van der Waals surface area contributed by atoms with Crippen LogP contribution in [0.4, 0.5) is 0 Å². The first kappa shape index (κ1) is 15.6. The Bertz CT molecular complexity index is 485. The highest BCUT2D eigenvalue weighted by Crippen LogP contribution is 2.26. The molecule has 96 valence electrons. The van der Waals surface area contributed by atoms with E-state index < -0.39 is 18.0 Å². The van der Waals surface area contributed by atoms with Crippen molar-refractivity contribution in [3.8, 4) is 0 Å². The number of allylic oxidation sites excluding steroid dienone is 1. The molecule has 1 atom stereocenters. The number of rotatable bonds is 7. The number of carboxylic acids is 2. The van der Waals surface area contributed by atoms with Crippen molar-refractivity contribution < 1.29 is 19.8 Å². The topological polar surface area (TPSA) is 101 Å². The van der Waals surface area contributed by atoms with Crippen LogP contribution in [-0.4, -0.2) is 28.2 Å². The van der Waals surface area contributed by atoms with Crippen LogP contribution in [0, 0.1) is 0 Å². The van der Waals surface area contributed by atoms with Crippen molar-refractivity contribution in [2.75, 3.05) is 0 Å². The van der Waals surface area contributed by atoms with E-state index in [1.807, 2.05) is 0 Å². The molecule has 0 aromatic heterocycles. The summed E-state index contributed by atoms with van der Waals surface area (Å²) in [4.78, 5) is 21.4. The zero-order valence-electron chi connectivity index (χ0n) is 9.90. The molecule has 0 radical (unpaired) electrons. The van der Waals surface area contributed by atoms with Crippen LogP contribution in [0.3, 0.4) is 0 Å². The SMILES string of the molecule is C=C(C(=C)C(=C)C(=O)O)C(=C)C(=C)C(N)C(=O)O. The zero-order valence-corrected chi connectivity index (χ0v) is 9.90. The monoisotopic (exact) mass is 249 g/mol. The van der Waals surface area contributed by atoms with Gasteiger partial charge in [0.05, 0.1) is 5.57 Å². The summed E-state index contributed by atoms with van der Waals surface area (Å²) >= 11 is 0. The van der Waals surface area contributed by atoms with Crippen molar-refractivity contribution in [2.24, 2.45) is 5.73 Å². The minimum absolute atomic E-state index is 0.0341. The fourth-order valence-electron chi connectivity index (χ4n) is 1.02. The second kappa shape index (κ2) is 5.79. The summed E-state index contributed by atoms with van der Waals surface area (Å²) in [5.41, 5.74) is 5.47. The molecule has 0 bridgehead atoms. The molecule has 0 rings (SSSR count). The number of aliphatic carboxylic acids is 2. The molecule has 0 aromatic rings. The fourth-order valence-corrected chi connectivity index (χ4v) is 1.02. The second-order valence-electron chi connectivity index (χ2n) is 3.56. The lowest BCUT2D eigenvalue weighted by atomic mass is 9.90. The van der Waals surface area contributed by atoms with Crippen LogP contribution in [0.15, 0.2) is 60.8 Å². The van der Waals surface area contributed by atoms with E-state index in [-0.39, 0.29) is 27.9 Å². The van der Waals surface area contributed by atoms with Gasteiger partial charge >= 0.3 is 11.9 Å². The summed E-state index contributed by atoms with van der Waals surface area (Å²) in [5.74, 6) is -2.52. The van der Waals surface area contributed by atoms with E-state index in [9.17, 15) is 9.59 Å². The van der Waals surface area contributed by atoms with Gasteiger partial charge in [0.25, 0.3) is 0 Å². The molecule has 1 unspecified atom stereocenters. The Labute approximate surface area is 105 Å². The molecular formula is C13H15NO4. The Morgan fingerprint density at radius 2 is 1.22 bits per heavy atom. The van der Waals surface area contributed by atoms with E-state index in [2.05, 4.69) is 32.9 Å². The molecule has 0 spiro atoms. The van der Waals surface area contributed by atoms with Gasteiger partial charge < -0.3 is 15.9 Å². The molecular weight excluding hydrogens is 234 g/mol. The summed E-state index contributed by atoms with van der Waals surface area (Å²) in [6.45, 7) is 17.5. The van der Waals surface area contributed by atoms with Gasteiger partial charge in [0.15, 0.2) is 0 Å². The van der Waals surface area contributed by atoms with Crippen molar-refractivity contribution in [2.45, 2.75) is 6.04 Å². The smallest absolute Gasteiger partial charge is 0.335 e. The van der Waals surface area contributed by atoms with Crippen LogP contribution < -0.4 is 5.73 Å². The molecule has 4 N–H and O–H groups in total. The van der Waals surface area contributed by atoms with Gasteiger partial charge in [-0.1, -0.05) is 32.9 Å². The Balaban J connectivity index is 5.03. The molecule has 0 aromatic carbocycles. The van der Waals surface area contributed by atoms with Crippen LogP contribution in [-0.2, 0) is 9.59 Å². The second-order valence-corrected chi connectivity index (χ2v) is 3.56. The first-order chi connectivity index (χ1) is 8.11. The molecule has 5 heteroatoms. The van der Waals surface area contributed by atoms with Crippen molar-refractivity contribution in [1.29, 1.82) is 0 Å². The lowest BCUT2D eigenvalue weighted by Crippen LogP contribution is -2.32. The molecule has 0 amide bonds. The van der Waals surface area contributed by atoms with Crippen LogP contribution in [0.1, 0.15) is 0 Å². The Morgan fingerprint density at radius 1 is 0.833 bits per heavy atom. The summed E-state index contributed by atoms with van der Waals surface area (Å²) in [6, 6.07) is -1.33. The lowest BCUT2D eigenvalue weighted by Gasteiger charge is -2.17. The molecule has 0 heterocycles. The van der Waals surface area contributed by atoms with Crippen LogP contribution in [0.2, 0.25) is 0 Å². The van der Waals surface area contributed by atoms with E-state index in [0.29, 0.717) is 0 Å². The van der Waals surface area contributed by atoms with Crippen LogP contribution in [0.25, 0.3) is 0 Å². The Morgan fingerprint density at radius 3 is 1.56 bits per heavy atom. The maximum absolute atomic E-state index is 10.7. The van der Waals surface area contributed by atoms with Crippen LogP contribution in [0.5, 0.6) is 0 Å². The Hall–Kier alpha value is -2.40. The third-order valence-corrected chi connectivity index (χ3v) is 2.38. The highest BCUT2D eigenvalue weighted by Gasteiger charge is 2.21. The van der Waals surface area contributed by atoms with Gasteiger partial charge in [0, 0.05) is 0 Å². The molecule has 0 fully saturated rings. The van der Waals surface area contributed by atoms with E-state index in [1.54, 1.807) is 0 Å². The normalized spacial score (nSPS) is 11.2. The largest absolute Gasteiger partial charge is 0.480 e. The molecule has 18 heavy (non-hydrogen) atoms. The standard InChI is InChI=1S/C13H15NO4/c1-6(8(3)10(5)12(15)16)7(2)9(4)11(14)13(17)18/h11H,1-5,14H2,(H,15,16)(H,17,18). The first-order valence-corrected chi connectivity index (χ1v) is 4.78. The lowest BCUT2D eigenvalue weighted by molar-refractivity contribution is -0.137. The quantitative estimate of drug-likeness (QED) is 0.466.